The van der Waals surface area contributed by atoms with E-state index in [1.807, 2.05) is 37.3 Å². The average Bonchev–Trinajstić information content (AvgIpc) is 3.03. The van der Waals surface area contributed by atoms with Gasteiger partial charge >= 0.3 is 0 Å². The minimum absolute atomic E-state index is 0.128. The zero-order valence-corrected chi connectivity index (χ0v) is 13.1. The molecule has 0 radical (unpaired) electrons. The SMILES string of the molecule is CC(O)C1CCN(C(=O)c2ccc(Oc3ccccc3)o2)CC1. The minimum atomic E-state index is -0.318. The van der Waals surface area contributed by atoms with Crippen molar-refractivity contribution in [1.82, 2.24) is 4.90 Å². The quantitative estimate of drug-likeness (QED) is 0.940. The number of para-hydroxylation sites is 1. The molecule has 2 heterocycles. The van der Waals surface area contributed by atoms with Crippen molar-refractivity contribution in [2.75, 3.05) is 13.1 Å². The van der Waals surface area contributed by atoms with Gasteiger partial charge in [-0.2, -0.15) is 0 Å². The third-order valence-corrected chi connectivity index (χ3v) is 4.26. The Kier molecular flexibility index (Phi) is 4.67. The van der Waals surface area contributed by atoms with Crippen LogP contribution in [0.1, 0.15) is 30.3 Å². The first-order chi connectivity index (χ1) is 11.1. The number of likely N-dealkylation sites (tertiary alicyclic amines) is 1. The molecule has 1 amide bonds. The zero-order chi connectivity index (χ0) is 16.2. The van der Waals surface area contributed by atoms with E-state index in [0.29, 0.717) is 24.8 Å². The van der Waals surface area contributed by atoms with Gasteiger partial charge in [-0.25, -0.2) is 0 Å². The van der Waals surface area contributed by atoms with E-state index < -0.39 is 0 Å². The fourth-order valence-electron chi connectivity index (χ4n) is 2.84. The third kappa shape index (κ3) is 3.74. The summed E-state index contributed by atoms with van der Waals surface area (Å²) in [6.45, 7) is 3.09. The second-order valence-electron chi connectivity index (χ2n) is 5.90. The van der Waals surface area contributed by atoms with Crippen LogP contribution in [0.2, 0.25) is 0 Å². The Bertz CT molecular complexity index is 642. The van der Waals surface area contributed by atoms with Gasteiger partial charge < -0.3 is 19.2 Å². The van der Waals surface area contributed by atoms with E-state index in [1.54, 1.807) is 17.0 Å². The predicted octanol–water partition coefficient (Wildman–Crippen LogP) is 3.30. The fraction of sp³-hybridized carbons (Fsp3) is 0.389. The highest BCUT2D eigenvalue weighted by molar-refractivity contribution is 5.91. The molecule has 3 rings (SSSR count). The van der Waals surface area contributed by atoms with Crippen molar-refractivity contribution < 1.29 is 19.1 Å². The van der Waals surface area contributed by atoms with Gasteiger partial charge in [-0.1, -0.05) is 18.2 Å². The van der Waals surface area contributed by atoms with E-state index in [4.69, 9.17) is 9.15 Å². The standard InChI is InChI=1S/C18H21NO4/c1-13(20)14-9-11-19(12-10-14)18(21)16-7-8-17(23-16)22-15-5-3-2-4-6-15/h2-8,13-14,20H,9-12H2,1H3. The number of benzene rings is 1. The average molecular weight is 315 g/mol. The van der Waals surface area contributed by atoms with Crippen molar-refractivity contribution in [1.29, 1.82) is 0 Å². The maximum atomic E-state index is 12.5. The van der Waals surface area contributed by atoms with Gasteiger partial charge in [0.2, 0.25) is 0 Å². The summed E-state index contributed by atoms with van der Waals surface area (Å²) in [5.41, 5.74) is 0. The summed E-state index contributed by atoms with van der Waals surface area (Å²) in [5.74, 6) is 1.40. The van der Waals surface area contributed by atoms with Gasteiger partial charge in [-0.15, -0.1) is 0 Å². The molecule has 1 aliphatic heterocycles. The number of furan rings is 1. The lowest BCUT2D eigenvalue weighted by molar-refractivity contribution is 0.0495. The van der Waals surface area contributed by atoms with Crippen LogP contribution in [0.25, 0.3) is 0 Å². The fourth-order valence-corrected chi connectivity index (χ4v) is 2.84. The number of hydrogen-bond acceptors (Lipinski definition) is 4. The number of rotatable bonds is 4. The highest BCUT2D eigenvalue weighted by Gasteiger charge is 2.27. The van der Waals surface area contributed by atoms with Crippen molar-refractivity contribution in [3.63, 3.8) is 0 Å². The van der Waals surface area contributed by atoms with Gasteiger partial charge in [-0.3, -0.25) is 4.79 Å². The van der Waals surface area contributed by atoms with Crippen molar-refractivity contribution in [2.24, 2.45) is 5.92 Å². The molecule has 5 heteroatoms. The molecular formula is C18H21NO4. The van der Waals surface area contributed by atoms with Crippen LogP contribution in [0, 0.1) is 5.92 Å². The molecule has 1 fully saturated rings. The first kappa shape index (κ1) is 15.6. The monoisotopic (exact) mass is 315 g/mol. The number of carbonyl (C=O) groups is 1. The van der Waals surface area contributed by atoms with Crippen LogP contribution in [-0.2, 0) is 0 Å². The molecule has 1 atom stereocenters. The zero-order valence-electron chi connectivity index (χ0n) is 13.1. The molecule has 0 aliphatic carbocycles. The largest absolute Gasteiger partial charge is 0.426 e. The molecule has 0 bridgehead atoms. The molecule has 122 valence electrons. The van der Waals surface area contributed by atoms with Gasteiger partial charge in [0.1, 0.15) is 5.75 Å². The summed E-state index contributed by atoms with van der Waals surface area (Å²) in [7, 11) is 0. The number of aliphatic hydroxyl groups excluding tert-OH is 1. The van der Waals surface area contributed by atoms with E-state index in [9.17, 15) is 9.90 Å². The Labute approximate surface area is 135 Å². The second-order valence-corrected chi connectivity index (χ2v) is 5.90. The minimum Gasteiger partial charge on any atom is -0.426 e. The predicted molar refractivity (Wildman–Crippen MR) is 85.5 cm³/mol. The first-order valence-corrected chi connectivity index (χ1v) is 7.93. The molecule has 23 heavy (non-hydrogen) atoms. The van der Waals surface area contributed by atoms with Crippen molar-refractivity contribution in [2.45, 2.75) is 25.9 Å². The second kappa shape index (κ2) is 6.87. The van der Waals surface area contributed by atoms with Crippen molar-refractivity contribution in [3.05, 3.63) is 48.2 Å². The van der Waals surface area contributed by atoms with Gasteiger partial charge in [-0.05, 0) is 43.9 Å². The summed E-state index contributed by atoms with van der Waals surface area (Å²) < 4.78 is 11.1. The summed E-state index contributed by atoms with van der Waals surface area (Å²) in [4.78, 5) is 14.2. The maximum absolute atomic E-state index is 12.5. The number of ether oxygens (including phenoxy) is 1. The van der Waals surface area contributed by atoms with Crippen molar-refractivity contribution >= 4 is 5.91 Å². The molecule has 1 aromatic heterocycles. The number of carbonyl (C=O) groups excluding carboxylic acids is 1. The molecular weight excluding hydrogens is 294 g/mol. The van der Waals surface area contributed by atoms with Gasteiger partial charge in [0.15, 0.2) is 5.76 Å². The normalized spacial score (nSPS) is 17.0. The number of amides is 1. The molecule has 2 aromatic rings. The summed E-state index contributed by atoms with van der Waals surface area (Å²) in [6.07, 6.45) is 1.32. The lowest BCUT2D eigenvalue weighted by atomic mass is 9.92. The summed E-state index contributed by atoms with van der Waals surface area (Å²) >= 11 is 0. The van der Waals surface area contributed by atoms with E-state index in [1.165, 1.54) is 0 Å². The molecule has 5 nitrogen and oxygen atoms in total. The van der Waals surface area contributed by atoms with Crippen LogP contribution < -0.4 is 4.74 Å². The Morgan fingerprint density at radius 2 is 1.91 bits per heavy atom. The van der Waals surface area contributed by atoms with Crippen molar-refractivity contribution in [3.8, 4) is 11.7 Å². The molecule has 1 N–H and O–H groups in total. The lowest BCUT2D eigenvalue weighted by Crippen LogP contribution is -2.40. The van der Waals surface area contributed by atoms with Gasteiger partial charge in [0.05, 0.1) is 6.10 Å². The molecule has 1 aromatic carbocycles. The Balaban J connectivity index is 1.61. The molecule has 0 spiro atoms. The van der Waals surface area contributed by atoms with Gasteiger partial charge in [0, 0.05) is 19.2 Å². The van der Waals surface area contributed by atoms with E-state index in [-0.39, 0.29) is 23.7 Å². The Morgan fingerprint density at radius 3 is 2.57 bits per heavy atom. The number of nitrogens with zero attached hydrogens (tertiary/aromatic N) is 1. The van der Waals surface area contributed by atoms with Crippen LogP contribution in [0.4, 0.5) is 0 Å². The smallest absolute Gasteiger partial charge is 0.290 e. The topological polar surface area (TPSA) is 62.9 Å². The van der Waals surface area contributed by atoms with E-state index >= 15 is 0 Å². The molecule has 1 saturated heterocycles. The highest BCUT2D eigenvalue weighted by Crippen LogP contribution is 2.26. The van der Waals surface area contributed by atoms with Crippen LogP contribution in [0.15, 0.2) is 46.9 Å². The Hall–Kier alpha value is -2.27. The summed E-state index contributed by atoms with van der Waals surface area (Å²) in [6, 6.07) is 12.6. The highest BCUT2D eigenvalue weighted by atomic mass is 16.6. The van der Waals surface area contributed by atoms with Crippen LogP contribution in [0.5, 0.6) is 11.7 Å². The number of aliphatic hydroxyl groups is 1. The van der Waals surface area contributed by atoms with E-state index in [0.717, 1.165) is 12.8 Å². The molecule has 1 aliphatic rings. The maximum Gasteiger partial charge on any atom is 0.290 e. The number of hydrogen-bond donors (Lipinski definition) is 1. The number of piperidine rings is 1. The summed E-state index contributed by atoms with van der Waals surface area (Å²) in [5, 5.41) is 9.62. The third-order valence-electron chi connectivity index (χ3n) is 4.26. The van der Waals surface area contributed by atoms with Crippen LogP contribution in [0.3, 0.4) is 0 Å². The van der Waals surface area contributed by atoms with Gasteiger partial charge in [0.25, 0.3) is 11.9 Å². The Morgan fingerprint density at radius 1 is 1.22 bits per heavy atom. The van der Waals surface area contributed by atoms with Crippen LogP contribution >= 0.6 is 0 Å². The van der Waals surface area contributed by atoms with Crippen LogP contribution in [-0.4, -0.2) is 35.1 Å². The lowest BCUT2D eigenvalue weighted by Gasteiger charge is -2.32. The molecule has 1 unspecified atom stereocenters. The van der Waals surface area contributed by atoms with E-state index in [2.05, 4.69) is 0 Å². The first-order valence-electron chi connectivity index (χ1n) is 7.93. The molecule has 0 saturated carbocycles.